The van der Waals surface area contributed by atoms with Gasteiger partial charge in [0.2, 0.25) is 0 Å². The van der Waals surface area contributed by atoms with E-state index < -0.39 is 0 Å². The van der Waals surface area contributed by atoms with Crippen LogP contribution in [0.25, 0.3) is 0 Å². The van der Waals surface area contributed by atoms with Gasteiger partial charge in [0.1, 0.15) is 5.82 Å². The molecule has 1 saturated heterocycles. The molecule has 1 aromatic heterocycles. The average Bonchev–Trinajstić information content (AvgIpc) is 3.37. The SMILES string of the molecule is O=C(Nc1ccccc1SC1CCCC1)N1CCCC(c2ncc[nH]2)C1. The molecule has 2 fully saturated rings. The van der Waals surface area contributed by atoms with E-state index in [1.165, 1.54) is 30.6 Å². The third kappa shape index (κ3) is 4.06. The maximum absolute atomic E-state index is 12.8. The molecule has 0 spiro atoms. The summed E-state index contributed by atoms with van der Waals surface area (Å²) >= 11 is 1.92. The summed E-state index contributed by atoms with van der Waals surface area (Å²) in [6.07, 6.45) is 10.9. The quantitative estimate of drug-likeness (QED) is 0.808. The summed E-state index contributed by atoms with van der Waals surface area (Å²) in [6, 6.07) is 8.20. The van der Waals surface area contributed by atoms with Gasteiger partial charge in [0.25, 0.3) is 0 Å². The second-order valence-corrected chi connectivity index (χ2v) is 8.55. The molecule has 1 aromatic carbocycles. The van der Waals surface area contributed by atoms with E-state index in [9.17, 15) is 4.79 Å². The number of anilines is 1. The van der Waals surface area contributed by atoms with Gasteiger partial charge in [-0.3, -0.25) is 0 Å². The lowest BCUT2D eigenvalue weighted by molar-refractivity contribution is 0.191. The Morgan fingerprint density at radius 3 is 2.85 bits per heavy atom. The number of carbonyl (C=O) groups is 1. The molecule has 1 saturated carbocycles. The standard InChI is InChI=1S/C20H26N4OS/c25-20(24-13-5-6-15(14-24)19-21-11-12-22-19)23-17-9-3-4-10-18(17)26-16-7-1-2-8-16/h3-4,9-12,15-16H,1-2,5-8,13-14H2,(H,21,22)(H,23,25). The normalized spacial score (nSPS) is 21.1. The number of carbonyl (C=O) groups excluding carboxylic acids is 1. The number of aromatic nitrogens is 2. The van der Waals surface area contributed by atoms with Gasteiger partial charge in [-0.2, -0.15) is 0 Å². The average molecular weight is 371 g/mol. The van der Waals surface area contributed by atoms with E-state index in [1.54, 1.807) is 6.20 Å². The number of amides is 2. The number of para-hydroxylation sites is 1. The minimum absolute atomic E-state index is 0.000674. The minimum Gasteiger partial charge on any atom is -0.348 e. The van der Waals surface area contributed by atoms with Crippen LogP contribution in [0.4, 0.5) is 10.5 Å². The maximum atomic E-state index is 12.8. The number of hydrogen-bond donors (Lipinski definition) is 2. The van der Waals surface area contributed by atoms with Crippen LogP contribution in [0.3, 0.4) is 0 Å². The molecular formula is C20H26N4OS. The van der Waals surface area contributed by atoms with Crippen molar-refractivity contribution in [2.24, 2.45) is 0 Å². The summed E-state index contributed by atoms with van der Waals surface area (Å²) < 4.78 is 0. The van der Waals surface area contributed by atoms with Gasteiger partial charge < -0.3 is 15.2 Å². The molecule has 4 rings (SSSR count). The van der Waals surface area contributed by atoms with Crippen molar-refractivity contribution in [3.8, 4) is 0 Å². The predicted molar refractivity (Wildman–Crippen MR) is 106 cm³/mol. The van der Waals surface area contributed by atoms with E-state index in [4.69, 9.17) is 0 Å². The summed E-state index contributed by atoms with van der Waals surface area (Å²) in [4.78, 5) is 23.5. The molecule has 2 aliphatic rings. The topological polar surface area (TPSA) is 61.0 Å². The third-order valence-electron chi connectivity index (χ3n) is 5.34. The number of thioether (sulfide) groups is 1. The number of urea groups is 1. The number of imidazole rings is 1. The fourth-order valence-electron chi connectivity index (χ4n) is 3.94. The smallest absolute Gasteiger partial charge is 0.321 e. The maximum Gasteiger partial charge on any atom is 0.321 e. The number of likely N-dealkylation sites (tertiary alicyclic amines) is 1. The van der Waals surface area contributed by atoms with Crippen molar-refractivity contribution in [1.29, 1.82) is 0 Å². The Labute approximate surface area is 159 Å². The lowest BCUT2D eigenvalue weighted by Crippen LogP contribution is -2.41. The van der Waals surface area contributed by atoms with E-state index in [0.717, 1.165) is 37.4 Å². The van der Waals surface area contributed by atoms with Crippen LogP contribution in [0.2, 0.25) is 0 Å². The molecule has 1 aliphatic heterocycles. The number of nitrogens with zero attached hydrogens (tertiary/aromatic N) is 2. The van der Waals surface area contributed by atoms with Crippen LogP contribution in [-0.2, 0) is 0 Å². The zero-order valence-corrected chi connectivity index (χ0v) is 15.8. The van der Waals surface area contributed by atoms with Crippen molar-refractivity contribution in [3.05, 3.63) is 42.5 Å². The van der Waals surface area contributed by atoms with Gasteiger partial charge in [0.05, 0.1) is 5.69 Å². The third-order valence-corrected chi connectivity index (χ3v) is 6.75. The monoisotopic (exact) mass is 370 g/mol. The van der Waals surface area contributed by atoms with Crippen LogP contribution < -0.4 is 5.32 Å². The number of piperidine rings is 1. The van der Waals surface area contributed by atoms with E-state index in [0.29, 0.717) is 11.2 Å². The molecule has 138 valence electrons. The van der Waals surface area contributed by atoms with Crippen molar-refractivity contribution in [2.75, 3.05) is 18.4 Å². The molecule has 5 nitrogen and oxygen atoms in total. The van der Waals surface area contributed by atoms with Crippen molar-refractivity contribution >= 4 is 23.5 Å². The molecule has 6 heteroatoms. The van der Waals surface area contributed by atoms with Crippen LogP contribution in [0.5, 0.6) is 0 Å². The first-order valence-corrected chi connectivity index (χ1v) is 10.5. The van der Waals surface area contributed by atoms with Crippen LogP contribution in [0, 0.1) is 0 Å². The second kappa shape index (κ2) is 8.16. The Bertz CT molecular complexity index is 727. The largest absolute Gasteiger partial charge is 0.348 e. The highest BCUT2D eigenvalue weighted by atomic mass is 32.2. The van der Waals surface area contributed by atoms with Gasteiger partial charge in [-0.1, -0.05) is 25.0 Å². The Morgan fingerprint density at radius 1 is 1.19 bits per heavy atom. The zero-order valence-electron chi connectivity index (χ0n) is 15.0. The van der Waals surface area contributed by atoms with Gasteiger partial charge in [0, 0.05) is 41.5 Å². The highest BCUT2D eigenvalue weighted by Crippen LogP contribution is 2.38. The van der Waals surface area contributed by atoms with Gasteiger partial charge in [-0.15, -0.1) is 11.8 Å². The summed E-state index contributed by atoms with van der Waals surface area (Å²) in [6.45, 7) is 1.53. The predicted octanol–water partition coefficient (Wildman–Crippen LogP) is 4.86. The molecule has 2 amide bonds. The van der Waals surface area contributed by atoms with Crippen molar-refractivity contribution in [3.63, 3.8) is 0 Å². The highest BCUT2D eigenvalue weighted by molar-refractivity contribution is 8.00. The van der Waals surface area contributed by atoms with Crippen LogP contribution in [-0.4, -0.2) is 39.2 Å². The molecule has 1 aliphatic carbocycles. The molecule has 26 heavy (non-hydrogen) atoms. The number of hydrogen-bond acceptors (Lipinski definition) is 3. The lowest BCUT2D eigenvalue weighted by atomic mass is 9.98. The fourth-order valence-corrected chi connectivity index (χ4v) is 5.27. The molecule has 2 N–H and O–H groups in total. The summed E-state index contributed by atoms with van der Waals surface area (Å²) in [5.74, 6) is 1.28. The fraction of sp³-hybridized carbons (Fsp3) is 0.500. The van der Waals surface area contributed by atoms with Crippen LogP contribution in [0.15, 0.2) is 41.6 Å². The number of benzene rings is 1. The Hall–Kier alpha value is -1.95. The summed E-state index contributed by atoms with van der Waals surface area (Å²) in [5.41, 5.74) is 0.939. The molecule has 0 bridgehead atoms. The molecular weight excluding hydrogens is 344 g/mol. The van der Waals surface area contributed by atoms with Gasteiger partial charge >= 0.3 is 6.03 Å². The minimum atomic E-state index is 0.000674. The second-order valence-electron chi connectivity index (χ2n) is 7.21. The van der Waals surface area contributed by atoms with Gasteiger partial charge in [-0.25, -0.2) is 9.78 Å². The van der Waals surface area contributed by atoms with Crippen molar-refractivity contribution < 1.29 is 4.79 Å². The first-order chi connectivity index (χ1) is 12.8. The number of H-pyrrole nitrogens is 1. The van der Waals surface area contributed by atoms with Crippen LogP contribution in [0.1, 0.15) is 50.3 Å². The zero-order chi connectivity index (χ0) is 17.8. The first kappa shape index (κ1) is 17.5. The summed E-state index contributed by atoms with van der Waals surface area (Å²) in [5, 5.41) is 3.84. The van der Waals surface area contributed by atoms with Crippen LogP contribution >= 0.6 is 11.8 Å². The summed E-state index contributed by atoms with van der Waals surface area (Å²) in [7, 11) is 0. The molecule has 2 heterocycles. The Kier molecular flexibility index (Phi) is 5.48. The van der Waals surface area contributed by atoms with E-state index in [-0.39, 0.29) is 6.03 Å². The molecule has 2 aromatic rings. The molecule has 0 radical (unpaired) electrons. The van der Waals surface area contributed by atoms with Crippen molar-refractivity contribution in [2.45, 2.75) is 54.6 Å². The number of rotatable bonds is 4. The van der Waals surface area contributed by atoms with Gasteiger partial charge in [-0.05, 0) is 37.8 Å². The van der Waals surface area contributed by atoms with E-state index in [2.05, 4.69) is 27.4 Å². The highest BCUT2D eigenvalue weighted by Gasteiger charge is 2.26. The molecule has 1 atom stereocenters. The molecule has 1 unspecified atom stereocenters. The Balaban J connectivity index is 1.41. The number of nitrogens with one attached hydrogen (secondary N) is 2. The first-order valence-electron chi connectivity index (χ1n) is 9.60. The van der Waals surface area contributed by atoms with Crippen molar-refractivity contribution in [1.82, 2.24) is 14.9 Å². The number of aromatic amines is 1. The van der Waals surface area contributed by atoms with Gasteiger partial charge in [0.15, 0.2) is 0 Å². The van der Waals surface area contributed by atoms with E-state index in [1.807, 2.05) is 35.0 Å². The Morgan fingerprint density at radius 2 is 2.04 bits per heavy atom. The lowest BCUT2D eigenvalue weighted by Gasteiger charge is -2.32. The van der Waals surface area contributed by atoms with E-state index >= 15 is 0 Å².